The van der Waals surface area contributed by atoms with E-state index in [2.05, 4.69) is 71.5 Å². The molecule has 1 unspecified atom stereocenters. The van der Waals surface area contributed by atoms with Crippen LogP contribution in [0.2, 0.25) is 0 Å². The molecule has 1 heterocycles. The molecule has 31 heavy (non-hydrogen) atoms. The zero-order valence-corrected chi connectivity index (χ0v) is 18.6. The number of nitrogens with one attached hydrogen (secondary N) is 1. The maximum absolute atomic E-state index is 13.2. The van der Waals surface area contributed by atoms with Crippen molar-refractivity contribution in [1.82, 2.24) is 10.2 Å². The minimum Gasteiger partial charge on any atom is -0.344 e. The molecule has 4 heteroatoms. The zero-order valence-electron chi connectivity index (χ0n) is 18.6. The Balaban J connectivity index is 1.59. The number of hydrogen-bond acceptors (Lipinski definition) is 3. The molecule has 0 saturated carbocycles. The first kappa shape index (κ1) is 21.0. The average Bonchev–Trinajstić information content (AvgIpc) is 3.13. The fourth-order valence-electron chi connectivity index (χ4n) is 4.09. The van der Waals surface area contributed by atoms with Crippen LogP contribution in [-0.2, 0) is 6.54 Å². The Bertz CT molecular complexity index is 1150. The lowest BCUT2D eigenvalue weighted by molar-refractivity contribution is 0.0930. The zero-order chi connectivity index (χ0) is 22.0. The third kappa shape index (κ3) is 4.75. The Hall–Kier alpha value is -3.24. The molecule has 4 rings (SSSR count). The summed E-state index contributed by atoms with van der Waals surface area (Å²) in [6.45, 7) is 5.62. The quantitative estimate of drug-likeness (QED) is 0.619. The van der Waals surface area contributed by atoms with Crippen molar-refractivity contribution in [2.24, 2.45) is 4.99 Å². The average molecular weight is 412 g/mol. The van der Waals surface area contributed by atoms with Crippen molar-refractivity contribution in [3.8, 4) is 11.1 Å². The van der Waals surface area contributed by atoms with E-state index in [1.807, 2.05) is 38.4 Å². The van der Waals surface area contributed by atoms with E-state index in [1.54, 1.807) is 0 Å². The first-order valence-corrected chi connectivity index (χ1v) is 10.7. The van der Waals surface area contributed by atoms with Crippen molar-refractivity contribution >= 4 is 11.6 Å². The van der Waals surface area contributed by atoms with E-state index in [1.165, 1.54) is 16.7 Å². The molecular weight excluding hydrogens is 382 g/mol. The molecule has 0 spiro atoms. The van der Waals surface area contributed by atoms with Gasteiger partial charge in [0.1, 0.15) is 0 Å². The summed E-state index contributed by atoms with van der Waals surface area (Å²) in [6, 6.07) is 22.5. The minimum absolute atomic E-state index is 0.0610. The number of fused-ring (bicyclic) bond motifs is 1. The largest absolute Gasteiger partial charge is 0.344 e. The van der Waals surface area contributed by atoms with Gasteiger partial charge in [-0.2, -0.15) is 0 Å². The molecule has 1 aliphatic heterocycles. The van der Waals surface area contributed by atoms with E-state index in [0.717, 1.165) is 35.5 Å². The van der Waals surface area contributed by atoms with Crippen molar-refractivity contribution in [2.45, 2.75) is 26.4 Å². The highest BCUT2D eigenvalue weighted by Gasteiger charge is 2.18. The summed E-state index contributed by atoms with van der Waals surface area (Å²) in [6.07, 6.45) is 0. The van der Waals surface area contributed by atoms with Gasteiger partial charge in [0, 0.05) is 23.4 Å². The Kier molecular flexibility index (Phi) is 6.01. The molecule has 0 aliphatic carbocycles. The molecule has 1 amide bonds. The van der Waals surface area contributed by atoms with E-state index in [4.69, 9.17) is 0 Å². The minimum atomic E-state index is -0.0788. The molecule has 0 saturated heterocycles. The van der Waals surface area contributed by atoms with Gasteiger partial charge < -0.3 is 10.2 Å². The molecule has 0 radical (unpaired) electrons. The molecule has 3 aromatic rings. The van der Waals surface area contributed by atoms with Crippen LogP contribution in [-0.4, -0.2) is 37.2 Å². The smallest absolute Gasteiger partial charge is 0.251 e. The number of aryl methyl sites for hydroxylation is 1. The lowest BCUT2D eigenvalue weighted by atomic mass is 9.97. The molecular formula is C27H29N3O. The van der Waals surface area contributed by atoms with Crippen LogP contribution in [0.4, 0.5) is 0 Å². The Morgan fingerprint density at radius 2 is 1.77 bits per heavy atom. The molecule has 1 N–H and O–H groups in total. The van der Waals surface area contributed by atoms with Crippen molar-refractivity contribution < 1.29 is 4.79 Å². The topological polar surface area (TPSA) is 44.7 Å². The first-order chi connectivity index (χ1) is 14.9. The van der Waals surface area contributed by atoms with Crippen molar-refractivity contribution in [3.63, 3.8) is 0 Å². The molecule has 158 valence electrons. The van der Waals surface area contributed by atoms with Crippen LogP contribution < -0.4 is 5.32 Å². The van der Waals surface area contributed by atoms with Crippen LogP contribution in [0.5, 0.6) is 0 Å². The number of aliphatic imine (C=N–C) groups is 1. The van der Waals surface area contributed by atoms with Gasteiger partial charge in [0.2, 0.25) is 0 Å². The predicted molar refractivity (Wildman–Crippen MR) is 128 cm³/mol. The Labute approximate surface area is 184 Å². The molecule has 4 nitrogen and oxygen atoms in total. The number of likely N-dealkylation sites (N-methyl/N-ethyl adjacent to an activating group) is 1. The highest BCUT2D eigenvalue weighted by Crippen LogP contribution is 2.27. The molecule has 1 atom stereocenters. The van der Waals surface area contributed by atoms with Gasteiger partial charge in [-0.05, 0) is 68.4 Å². The number of benzene rings is 3. The van der Waals surface area contributed by atoms with Crippen LogP contribution >= 0.6 is 0 Å². The maximum atomic E-state index is 13.2. The van der Waals surface area contributed by atoms with Gasteiger partial charge >= 0.3 is 0 Å². The van der Waals surface area contributed by atoms with Crippen LogP contribution in [0.25, 0.3) is 11.1 Å². The van der Waals surface area contributed by atoms with Gasteiger partial charge in [-0.1, -0.05) is 54.1 Å². The number of nitrogens with zero attached hydrogens (tertiary/aromatic N) is 2. The van der Waals surface area contributed by atoms with Crippen LogP contribution in [0, 0.1) is 6.92 Å². The SMILES string of the molecule is CC1=NCc2ccc(-c3cccc(C(=O)NC(CN(C)C)c4cccc(C)c4)c3)cc21. The predicted octanol–water partition coefficient (Wildman–Crippen LogP) is 5.02. The van der Waals surface area contributed by atoms with E-state index < -0.39 is 0 Å². The van der Waals surface area contributed by atoms with Gasteiger partial charge in [0.05, 0.1) is 12.6 Å². The molecule has 0 fully saturated rings. The number of carbonyl (C=O) groups is 1. The van der Waals surface area contributed by atoms with Crippen molar-refractivity contribution in [3.05, 3.63) is 94.5 Å². The Morgan fingerprint density at radius 3 is 2.55 bits per heavy atom. The Morgan fingerprint density at radius 1 is 1.00 bits per heavy atom. The second kappa shape index (κ2) is 8.86. The molecule has 1 aliphatic rings. The van der Waals surface area contributed by atoms with Crippen molar-refractivity contribution in [1.29, 1.82) is 0 Å². The fourth-order valence-corrected chi connectivity index (χ4v) is 4.09. The van der Waals surface area contributed by atoms with Crippen LogP contribution in [0.1, 0.15) is 45.6 Å². The summed E-state index contributed by atoms with van der Waals surface area (Å²) in [4.78, 5) is 19.8. The van der Waals surface area contributed by atoms with Gasteiger partial charge in [0.25, 0.3) is 5.91 Å². The number of carbonyl (C=O) groups excluding carboxylic acids is 1. The summed E-state index contributed by atoms with van der Waals surface area (Å²) in [5.41, 5.74) is 8.66. The van der Waals surface area contributed by atoms with E-state index >= 15 is 0 Å². The molecule has 0 aromatic heterocycles. The summed E-state index contributed by atoms with van der Waals surface area (Å²) in [5, 5.41) is 3.24. The highest BCUT2D eigenvalue weighted by molar-refractivity contribution is 6.03. The van der Waals surface area contributed by atoms with E-state index in [9.17, 15) is 4.79 Å². The first-order valence-electron chi connectivity index (χ1n) is 10.7. The maximum Gasteiger partial charge on any atom is 0.251 e. The van der Waals surface area contributed by atoms with Gasteiger partial charge in [-0.25, -0.2) is 0 Å². The van der Waals surface area contributed by atoms with Gasteiger partial charge in [-0.3, -0.25) is 9.79 Å². The number of hydrogen-bond donors (Lipinski definition) is 1. The summed E-state index contributed by atoms with van der Waals surface area (Å²) in [7, 11) is 4.05. The third-order valence-electron chi connectivity index (χ3n) is 5.74. The second-order valence-corrected chi connectivity index (χ2v) is 8.56. The third-order valence-corrected chi connectivity index (χ3v) is 5.74. The number of amides is 1. The van der Waals surface area contributed by atoms with Crippen LogP contribution in [0.15, 0.2) is 71.7 Å². The number of rotatable bonds is 6. The lowest BCUT2D eigenvalue weighted by Crippen LogP contribution is -2.35. The monoisotopic (exact) mass is 411 g/mol. The normalized spacial score (nSPS) is 13.6. The summed E-state index contributed by atoms with van der Waals surface area (Å²) in [5.74, 6) is -0.0610. The molecule has 3 aromatic carbocycles. The van der Waals surface area contributed by atoms with Gasteiger partial charge in [-0.15, -0.1) is 0 Å². The van der Waals surface area contributed by atoms with Crippen LogP contribution in [0.3, 0.4) is 0 Å². The standard InChI is InChI=1S/C27H29N3O/c1-18-7-5-9-22(13-18)26(17-30(3)4)29-27(31)23-10-6-8-20(14-23)21-11-12-24-16-28-19(2)25(24)15-21/h5-15,26H,16-17H2,1-4H3,(H,29,31). The summed E-state index contributed by atoms with van der Waals surface area (Å²) < 4.78 is 0. The van der Waals surface area contributed by atoms with E-state index in [0.29, 0.717) is 5.56 Å². The lowest BCUT2D eigenvalue weighted by Gasteiger charge is -2.23. The summed E-state index contributed by atoms with van der Waals surface area (Å²) >= 11 is 0. The molecule has 0 bridgehead atoms. The van der Waals surface area contributed by atoms with Crippen molar-refractivity contribution in [2.75, 3.05) is 20.6 Å². The van der Waals surface area contributed by atoms with Gasteiger partial charge in [0.15, 0.2) is 0 Å². The second-order valence-electron chi connectivity index (χ2n) is 8.56. The highest BCUT2D eigenvalue weighted by atomic mass is 16.1. The van der Waals surface area contributed by atoms with E-state index in [-0.39, 0.29) is 11.9 Å². The fraction of sp³-hybridized carbons (Fsp3) is 0.259.